The van der Waals surface area contributed by atoms with Gasteiger partial charge in [0.25, 0.3) is 0 Å². The molecule has 0 aliphatic carbocycles. The van der Waals surface area contributed by atoms with Gasteiger partial charge in [0.1, 0.15) is 11.8 Å². The number of carbonyl (C=O) groups excluding carboxylic acids is 1. The van der Waals surface area contributed by atoms with Crippen molar-refractivity contribution >= 4 is 5.91 Å². The van der Waals surface area contributed by atoms with Crippen molar-refractivity contribution in [3.63, 3.8) is 0 Å². The maximum Gasteiger partial charge on any atom is 0.225 e. The number of ether oxygens (including phenoxy) is 1. The van der Waals surface area contributed by atoms with Crippen LogP contribution in [0.5, 0.6) is 5.75 Å². The molecule has 0 aliphatic heterocycles. The van der Waals surface area contributed by atoms with Gasteiger partial charge < -0.3 is 10.1 Å². The Bertz CT molecular complexity index is 696. The summed E-state index contributed by atoms with van der Waals surface area (Å²) in [7, 11) is 1.54. The van der Waals surface area contributed by atoms with Gasteiger partial charge in [0, 0.05) is 16.8 Å². The number of hydrogen-bond acceptors (Lipinski definition) is 4. The molecule has 2 rings (SSSR count). The minimum Gasteiger partial charge on any atom is -0.496 e. The van der Waals surface area contributed by atoms with E-state index in [0.29, 0.717) is 11.3 Å². The summed E-state index contributed by atoms with van der Waals surface area (Å²) in [5.41, 5.74) is 3.15. The van der Waals surface area contributed by atoms with Gasteiger partial charge >= 0.3 is 0 Å². The number of aromatic amines is 1. The maximum atomic E-state index is 12.2. The number of H-pyrrole nitrogens is 1. The number of nitriles is 1. The number of methoxy groups -OCH3 is 1. The molecule has 1 amide bonds. The van der Waals surface area contributed by atoms with Gasteiger partial charge in [-0.2, -0.15) is 10.4 Å². The van der Waals surface area contributed by atoms with Crippen LogP contribution in [0.3, 0.4) is 0 Å². The van der Waals surface area contributed by atoms with Gasteiger partial charge in [-0.05, 0) is 19.9 Å². The largest absolute Gasteiger partial charge is 0.496 e. The van der Waals surface area contributed by atoms with E-state index in [1.54, 1.807) is 18.2 Å². The molecular formula is C16H18N4O2. The first kappa shape index (κ1) is 15.6. The van der Waals surface area contributed by atoms with E-state index in [2.05, 4.69) is 21.6 Å². The fraction of sp³-hybridized carbons (Fsp3) is 0.312. The molecule has 1 unspecified atom stereocenters. The van der Waals surface area contributed by atoms with Crippen molar-refractivity contribution in [1.82, 2.24) is 15.5 Å². The number of carbonyl (C=O) groups is 1. The second-order valence-electron chi connectivity index (χ2n) is 4.96. The summed E-state index contributed by atoms with van der Waals surface area (Å²) in [5, 5.41) is 19.0. The molecule has 1 aromatic heterocycles. The molecule has 0 aliphatic rings. The number of aryl methyl sites for hydroxylation is 2. The van der Waals surface area contributed by atoms with E-state index in [1.807, 2.05) is 19.9 Å². The molecule has 0 fully saturated rings. The highest BCUT2D eigenvalue weighted by atomic mass is 16.5. The van der Waals surface area contributed by atoms with Crippen LogP contribution in [0, 0.1) is 25.2 Å². The van der Waals surface area contributed by atoms with Crippen molar-refractivity contribution in [2.24, 2.45) is 0 Å². The Hall–Kier alpha value is -2.81. The SMILES string of the molecule is COc1ccccc1C(C#N)NC(=O)Cc1c(C)n[nH]c1C. The lowest BCUT2D eigenvalue weighted by Gasteiger charge is -2.15. The van der Waals surface area contributed by atoms with Crippen molar-refractivity contribution in [3.05, 3.63) is 46.8 Å². The standard InChI is InChI=1S/C16H18N4O2/c1-10-13(11(2)20-19-10)8-16(21)18-14(9-17)12-6-4-5-7-15(12)22-3/h4-7,14H,8H2,1-3H3,(H,18,21)(H,19,20). The Balaban J connectivity index is 2.14. The first-order valence-corrected chi connectivity index (χ1v) is 6.89. The summed E-state index contributed by atoms with van der Waals surface area (Å²) in [4.78, 5) is 12.2. The number of aromatic nitrogens is 2. The summed E-state index contributed by atoms with van der Waals surface area (Å²) < 4.78 is 5.24. The Labute approximate surface area is 129 Å². The summed E-state index contributed by atoms with van der Waals surface area (Å²) in [5.74, 6) is 0.343. The van der Waals surface area contributed by atoms with Crippen LogP contribution >= 0.6 is 0 Å². The summed E-state index contributed by atoms with van der Waals surface area (Å²) in [6.45, 7) is 3.71. The summed E-state index contributed by atoms with van der Waals surface area (Å²) in [6, 6.07) is 8.49. The van der Waals surface area contributed by atoms with Crippen LogP contribution in [-0.4, -0.2) is 23.2 Å². The van der Waals surface area contributed by atoms with Crippen LogP contribution in [0.15, 0.2) is 24.3 Å². The minimum absolute atomic E-state index is 0.182. The Kier molecular flexibility index (Phi) is 4.79. The highest BCUT2D eigenvalue weighted by Crippen LogP contribution is 2.24. The average molecular weight is 298 g/mol. The second kappa shape index (κ2) is 6.76. The quantitative estimate of drug-likeness (QED) is 0.882. The minimum atomic E-state index is -0.754. The molecule has 0 radical (unpaired) electrons. The van der Waals surface area contributed by atoms with Crippen LogP contribution in [0.25, 0.3) is 0 Å². The van der Waals surface area contributed by atoms with Gasteiger partial charge in [0.05, 0.1) is 25.3 Å². The topological polar surface area (TPSA) is 90.8 Å². The molecule has 0 bridgehead atoms. The van der Waals surface area contributed by atoms with E-state index < -0.39 is 6.04 Å². The van der Waals surface area contributed by atoms with Gasteiger partial charge in [-0.15, -0.1) is 0 Å². The molecular weight excluding hydrogens is 280 g/mol. The number of rotatable bonds is 5. The van der Waals surface area contributed by atoms with E-state index in [0.717, 1.165) is 17.0 Å². The monoisotopic (exact) mass is 298 g/mol. The number of para-hydroxylation sites is 1. The number of nitrogens with one attached hydrogen (secondary N) is 2. The predicted octanol–water partition coefficient (Wildman–Crippen LogP) is 1.96. The van der Waals surface area contributed by atoms with Crippen LogP contribution in [0.2, 0.25) is 0 Å². The lowest BCUT2D eigenvalue weighted by molar-refractivity contribution is -0.120. The molecule has 114 valence electrons. The zero-order chi connectivity index (χ0) is 16.1. The molecule has 2 aromatic rings. The molecule has 6 nitrogen and oxygen atoms in total. The van der Waals surface area contributed by atoms with Gasteiger partial charge in [-0.1, -0.05) is 18.2 Å². The van der Waals surface area contributed by atoms with E-state index in [-0.39, 0.29) is 12.3 Å². The summed E-state index contributed by atoms with van der Waals surface area (Å²) in [6.07, 6.45) is 0.182. The Morgan fingerprint density at radius 3 is 2.77 bits per heavy atom. The van der Waals surface area contributed by atoms with Crippen molar-refractivity contribution < 1.29 is 9.53 Å². The van der Waals surface area contributed by atoms with Gasteiger partial charge in [-0.3, -0.25) is 9.89 Å². The van der Waals surface area contributed by atoms with Crippen LogP contribution in [0.4, 0.5) is 0 Å². The fourth-order valence-corrected chi connectivity index (χ4v) is 2.29. The molecule has 1 heterocycles. The lowest BCUT2D eigenvalue weighted by atomic mass is 10.1. The van der Waals surface area contributed by atoms with E-state index in [9.17, 15) is 10.1 Å². The molecule has 0 saturated carbocycles. The maximum absolute atomic E-state index is 12.2. The van der Waals surface area contributed by atoms with Gasteiger partial charge in [0.2, 0.25) is 5.91 Å². The zero-order valence-corrected chi connectivity index (χ0v) is 12.8. The second-order valence-corrected chi connectivity index (χ2v) is 4.96. The summed E-state index contributed by atoms with van der Waals surface area (Å²) >= 11 is 0. The molecule has 0 spiro atoms. The highest BCUT2D eigenvalue weighted by Gasteiger charge is 2.19. The Morgan fingerprint density at radius 2 is 2.18 bits per heavy atom. The molecule has 0 saturated heterocycles. The fourth-order valence-electron chi connectivity index (χ4n) is 2.29. The van der Waals surface area contributed by atoms with Crippen LogP contribution in [-0.2, 0) is 11.2 Å². The average Bonchev–Trinajstić information content (AvgIpc) is 2.84. The zero-order valence-electron chi connectivity index (χ0n) is 12.8. The third-order valence-corrected chi connectivity index (χ3v) is 3.50. The first-order valence-electron chi connectivity index (χ1n) is 6.89. The highest BCUT2D eigenvalue weighted by molar-refractivity contribution is 5.80. The van der Waals surface area contributed by atoms with Crippen LogP contribution < -0.4 is 10.1 Å². The van der Waals surface area contributed by atoms with Gasteiger partial charge in [0.15, 0.2) is 0 Å². The number of amides is 1. The van der Waals surface area contributed by atoms with E-state index in [1.165, 1.54) is 7.11 Å². The lowest BCUT2D eigenvalue weighted by Crippen LogP contribution is -2.29. The Morgan fingerprint density at radius 1 is 1.45 bits per heavy atom. The third kappa shape index (κ3) is 3.26. The number of hydrogen-bond donors (Lipinski definition) is 2. The smallest absolute Gasteiger partial charge is 0.225 e. The molecule has 1 atom stereocenters. The van der Waals surface area contributed by atoms with Crippen molar-refractivity contribution in [3.8, 4) is 11.8 Å². The first-order chi connectivity index (χ1) is 10.6. The number of benzene rings is 1. The number of nitrogens with zero attached hydrogens (tertiary/aromatic N) is 2. The van der Waals surface area contributed by atoms with Crippen molar-refractivity contribution in [1.29, 1.82) is 5.26 Å². The van der Waals surface area contributed by atoms with Crippen molar-refractivity contribution in [2.45, 2.75) is 26.3 Å². The van der Waals surface area contributed by atoms with E-state index >= 15 is 0 Å². The van der Waals surface area contributed by atoms with Gasteiger partial charge in [-0.25, -0.2) is 0 Å². The van der Waals surface area contributed by atoms with Crippen LogP contribution in [0.1, 0.15) is 28.6 Å². The third-order valence-electron chi connectivity index (χ3n) is 3.50. The predicted molar refractivity (Wildman–Crippen MR) is 81.3 cm³/mol. The molecule has 6 heteroatoms. The molecule has 2 N–H and O–H groups in total. The van der Waals surface area contributed by atoms with E-state index in [4.69, 9.17) is 4.74 Å². The normalized spacial score (nSPS) is 11.5. The molecule has 1 aromatic carbocycles. The molecule has 22 heavy (non-hydrogen) atoms. The van der Waals surface area contributed by atoms with Crippen molar-refractivity contribution in [2.75, 3.05) is 7.11 Å².